The number of likely N-dealkylation sites (N-methyl/N-ethyl adjacent to an activating group) is 1. The van der Waals surface area contributed by atoms with Crippen LogP contribution < -0.4 is 5.32 Å². The molecule has 2 aromatic rings. The number of carbonyl (C=O) groups excluding carboxylic acids is 3. The molecular weight excluding hydrogens is 428 g/mol. The summed E-state index contributed by atoms with van der Waals surface area (Å²) in [4.78, 5) is 40.8. The second-order valence-electron chi connectivity index (χ2n) is 6.98. The minimum Gasteiger partial charge on any atom is -0.340 e. The van der Waals surface area contributed by atoms with Gasteiger partial charge in [-0.2, -0.15) is 0 Å². The summed E-state index contributed by atoms with van der Waals surface area (Å²) >= 11 is 3.78. The van der Waals surface area contributed by atoms with Crippen molar-refractivity contribution >= 4 is 42.0 Å². The second-order valence-corrected chi connectivity index (χ2v) is 7.48. The highest BCUT2D eigenvalue weighted by molar-refractivity contribution is 7.96. The number of carbonyl (C=O) groups is 3. The third kappa shape index (κ3) is 6.28. The number of rotatable bonds is 7. The van der Waals surface area contributed by atoms with Crippen molar-refractivity contribution in [1.82, 2.24) is 30.1 Å². The summed E-state index contributed by atoms with van der Waals surface area (Å²) in [5, 5.41) is 10.1. The smallest absolute Gasteiger partial charge is 0.251 e. The summed E-state index contributed by atoms with van der Waals surface area (Å²) < 4.78 is 1.58. The fourth-order valence-electron chi connectivity index (χ4n) is 3.13. The lowest BCUT2D eigenvalue weighted by molar-refractivity contribution is -0.135. The van der Waals surface area contributed by atoms with Gasteiger partial charge in [-0.1, -0.05) is 5.21 Å². The van der Waals surface area contributed by atoms with Crippen LogP contribution in [0.15, 0.2) is 36.7 Å². The van der Waals surface area contributed by atoms with Gasteiger partial charge < -0.3 is 15.1 Å². The fourth-order valence-corrected chi connectivity index (χ4v) is 3.25. The molecule has 162 valence electrons. The first kappa shape index (κ1) is 23.8. The third-order valence-electron chi connectivity index (χ3n) is 4.88. The Morgan fingerprint density at radius 2 is 1.80 bits per heavy atom. The molecule has 0 bridgehead atoms. The van der Waals surface area contributed by atoms with E-state index < -0.39 is 6.04 Å². The van der Waals surface area contributed by atoms with E-state index in [0.717, 1.165) is 18.8 Å². The third-order valence-corrected chi connectivity index (χ3v) is 5.11. The van der Waals surface area contributed by atoms with Gasteiger partial charge in [0.1, 0.15) is 6.04 Å². The number of nitrogens with zero attached hydrogens (tertiary/aromatic N) is 5. The lowest BCUT2D eigenvalue weighted by Crippen LogP contribution is -2.54. The number of thiol groups is 1. The first-order chi connectivity index (χ1) is 13.9. The maximum absolute atomic E-state index is 12.9. The molecule has 30 heavy (non-hydrogen) atoms. The minimum atomic E-state index is -0.767. The van der Waals surface area contributed by atoms with Crippen molar-refractivity contribution in [3.63, 3.8) is 0 Å². The fraction of sp³-hybridized carbons (Fsp3) is 0.421. The molecule has 0 saturated carbocycles. The highest BCUT2D eigenvalue weighted by atomic mass is 35.5. The molecule has 1 aromatic carbocycles. The van der Waals surface area contributed by atoms with Crippen molar-refractivity contribution in [1.29, 1.82) is 0 Å². The van der Waals surface area contributed by atoms with Crippen LogP contribution >= 0.6 is 25.0 Å². The minimum absolute atomic E-state index is 0. The number of halogens is 1. The van der Waals surface area contributed by atoms with E-state index in [0.29, 0.717) is 18.7 Å². The van der Waals surface area contributed by atoms with E-state index in [1.54, 1.807) is 46.2 Å². The number of nitrogens with one attached hydrogen (secondary N) is 1. The van der Waals surface area contributed by atoms with Gasteiger partial charge >= 0.3 is 0 Å². The Hall–Kier alpha value is -2.43. The molecule has 2 heterocycles. The summed E-state index contributed by atoms with van der Waals surface area (Å²) in [5.74, 6) is -0.533. The lowest BCUT2D eigenvalue weighted by Gasteiger charge is -2.34. The van der Waals surface area contributed by atoms with Crippen LogP contribution in [0.3, 0.4) is 0 Å². The van der Waals surface area contributed by atoms with E-state index >= 15 is 0 Å². The summed E-state index contributed by atoms with van der Waals surface area (Å²) in [6, 6.07) is 6.05. The number of aromatic nitrogens is 3. The predicted octanol–water partition coefficient (Wildman–Crippen LogP) is 0.798. The summed E-state index contributed by atoms with van der Waals surface area (Å²) in [6.07, 6.45) is 3.60. The highest BCUT2D eigenvalue weighted by Gasteiger charge is 2.28. The van der Waals surface area contributed by atoms with E-state index in [-0.39, 0.29) is 42.2 Å². The largest absolute Gasteiger partial charge is 0.340 e. The molecule has 1 fully saturated rings. The first-order valence-corrected chi connectivity index (χ1v) is 9.85. The van der Waals surface area contributed by atoms with Gasteiger partial charge in [-0.15, -0.1) is 30.1 Å². The molecule has 11 heteroatoms. The topological polar surface area (TPSA) is 100 Å². The van der Waals surface area contributed by atoms with Crippen molar-refractivity contribution < 1.29 is 14.4 Å². The standard InChI is InChI=1S/C19H24N6O3S.ClH/c1-23-10-12-24(13-11-23)19(28)16(6-7-17(26)29)21-18(27)14-2-4-15(5-3-14)25-9-8-20-22-25;/h2-5,8-9,16H,6-7,10-13H2,1H3,(H,21,27)(H,26,29);1H. The van der Waals surface area contributed by atoms with E-state index in [4.69, 9.17) is 0 Å². The van der Waals surface area contributed by atoms with Crippen molar-refractivity contribution in [2.24, 2.45) is 0 Å². The summed E-state index contributed by atoms with van der Waals surface area (Å²) in [6.45, 7) is 2.76. The molecule has 0 radical (unpaired) electrons. The van der Waals surface area contributed by atoms with Crippen LogP contribution in [0.4, 0.5) is 0 Å². The molecule has 9 nitrogen and oxygen atoms in total. The van der Waals surface area contributed by atoms with Gasteiger partial charge in [0, 0.05) is 38.2 Å². The zero-order chi connectivity index (χ0) is 20.8. The zero-order valence-corrected chi connectivity index (χ0v) is 18.3. The number of hydrogen-bond donors (Lipinski definition) is 2. The number of hydrogen-bond acceptors (Lipinski definition) is 6. The molecule has 1 atom stereocenters. The Kier molecular flexibility index (Phi) is 8.82. The SMILES string of the molecule is CN1CCN(C(=O)C(CCC(=O)S)NC(=O)c2ccc(-n3ccnn3)cc2)CC1.Cl. The quantitative estimate of drug-likeness (QED) is 0.603. The van der Waals surface area contributed by atoms with Crippen molar-refractivity contribution in [3.05, 3.63) is 42.2 Å². The van der Waals surface area contributed by atoms with Gasteiger partial charge in [0.25, 0.3) is 5.91 Å². The molecule has 1 aromatic heterocycles. The molecule has 1 aliphatic rings. The second kappa shape index (κ2) is 11.1. The molecule has 0 aliphatic carbocycles. The maximum atomic E-state index is 12.9. The van der Waals surface area contributed by atoms with Crippen LogP contribution in [0.5, 0.6) is 0 Å². The number of amides is 2. The number of benzene rings is 1. The molecule has 1 N–H and O–H groups in total. The average molecular weight is 453 g/mol. The maximum Gasteiger partial charge on any atom is 0.251 e. The molecule has 0 spiro atoms. The van der Waals surface area contributed by atoms with Crippen LogP contribution in [0.25, 0.3) is 5.69 Å². The molecule has 2 amide bonds. The lowest BCUT2D eigenvalue weighted by atomic mass is 10.1. The van der Waals surface area contributed by atoms with Crippen LogP contribution in [0, 0.1) is 0 Å². The summed E-state index contributed by atoms with van der Waals surface area (Å²) in [7, 11) is 2.00. The predicted molar refractivity (Wildman–Crippen MR) is 117 cm³/mol. The average Bonchev–Trinajstić information content (AvgIpc) is 3.26. The van der Waals surface area contributed by atoms with Gasteiger partial charge in [-0.25, -0.2) is 4.68 Å². The normalized spacial score (nSPS) is 15.2. The van der Waals surface area contributed by atoms with Gasteiger partial charge in [0.05, 0.1) is 18.1 Å². The van der Waals surface area contributed by atoms with E-state index in [1.165, 1.54) is 0 Å². The molecule has 1 aliphatic heterocycles. The Bertz CT molecular complexity index is 854. The zero-order valence-electron chi connectivity index (χ0n) is 16.6. The van der Waals surface area contributed by atoms with Gasteiger partial charge in [-0.05, 0) is 37.7 Å². The van der Waals surface area contributed by atoms with E-state index in [2.05, 4.69) is 33.2 Å². The Morgan fingerprint density at radius 3 is 2.37 bits per heavy atom. The summed E-state index contributed by atoms with van der Waals surface area (Å²) in [5.41, 5.74) is 1.19. The van der Waals surface area contributed by atoms with Gasteiger partial charge in [0.15, 0.2) is 5.12 Å². The highest BCUT2D eigenvalue weighted by Crippen LogP contribution is 2.11. The molecule has 1 saturated heterocycles. The van der Waals surface area contributed by atoms with Crippen LogP contribution in [0.1, 0.15) is 23.2 Å². The molecular formula is C19H25ClN6O3S. The monoisotopic (exact) mass is 452 g/mol. The van der Waals surface area contributed by atoms with Crippen LogP contribution in [-0.2, 0) is 9.59 Å². The molecule has 3 rings (SSSR count). The van der Waals surface area contributed by atoms with Crippen molar-refractivity contribution in [3.8, 4) is 5.69 Å². The Morgan fingerprint density at radius 1 is 1.13 bits per heavy atom. The Balaban J connectivity index is 0.00000320. The van der Waals surface area contributed by atoms with Gasteiger partial charge in [-0.3, -0.25) is 14.4 Å². The molecule has 1 unspecified atom stereocenters. The van der Waals surface area contributed by atoms with Crippen molar-refractivity contribution in [2.45, 2.75) is 18.9 Å². The Labute approximate surface area is 186 Å². The van der Waals surface area contributed by atoms with Crippen LogP contribution in [0.2, 0.25) is 0 Å². The number of piperazine rings is 1. The first-order valence-electron chi connectivity index (χ1n) is 9.41. The van der Waals surface area contributed by atoms with E-state index in [9.17, 15) is 14.4 Å². The van der Waals surface area contributed by atoms with Gasteiger partial charge in [0.2, 0.25) is 5.91 Å². The van der Waals surface area contributed by atoms with Crippen molar-refractivity contribution in [2.75, 3.05) is 33.2 Å². The van der Waals surface area contributed by atoms with Crippen LogP contribution in [-0.4, -0.2) is 81.0 Å². The van der Waals surface area contributed by atoms with E-state index in [1.807, 2.05) is 7.05 Å².